The van der Waals surface area contributed by atoms with Crippen molar-refractivity contribution < 1.29 is 0 Å². The van der Waals surface area contributed by atoms with E-state index in [9.17, 15) is 5.53 Å². The lowest BCUT2D eigenvalue weighted by atomic mass is 9.75. The van der Waals surface area contributed by atoms with E-state index in [0.717, 1.165) is 16.7 Å². The van der Waals surface area contributed by atoms with E-state index in [-0.39, 0.29) is 0 Å². The standard InChI is InChI=1S/C20H18N4/c21-19(16-10-4-1-5-11-16)20(23-24-22,17-12-6-2-7-13-17)18-14-8-3-9-15-18/h1-15,19H,21H2/t19-/m0/s1. The Hall–Kier alpha value is -3.07. The number of hydrogen-bond donors (Lipinski definition) is 1. The first-order valence-corrected chi connectivity index (χ1v) is 7.77. The minimum atomic E-state index is -1.02. The Kier molecular flexibility index (Phi) is 4.62. The zero-order valence-electron chi connectivity index (χ0n) is 13.2. The normalized spacial score (nSPS) is 12.2. The smallest absolute Gasteiger partial charge is 0.118 e. The summed E-state index contributed by atoms with van der Waals surface area (Å²) in [6, 6.07) is 28.6. The van der Waals surface area contributed by atoms with E-state index in [1.807, 2.05) is 91.0 Å². The van der Waals surface area contributed by atoms with Gasteiger partial charge in [-0.25, -0.2) is 0 Å². The summed E-state index contributed by atoms with van der Waals surface area (Å²) in [5.41, 5.74) is 17.6. The molecule has 118 valence electrons. The van der Waals surface area contributed by atoms with Gasteiger partial charge in [0.05, 0.1) is 0 Å². The summed E-state index contributed by atoms with van der Waals surface area (Å²) >= 11 is 0. The highest BCUT2D eigenvalue weighted by Crippen LogP contribution is 2.43. The van der Waals surface area contributed by atoms with Crippen LogP contribution in [0.2, 0.25) is 0 Å². The van der Waals surface area contributed by atoms with Crippen molar-refractivity contribution in [3.05, 3.63) is 118 Å². The minimum absolute atomic E-state index is 0.514. The summed E-state index contributed by atoms with van der Waals surface area (Å²) < 4.78 is 0. The molecule has 0 saturated carbocycles. The molecule has 0 spiro atoms. The van der Waals surface area contributed by atoms with E-state index in [4.69, 9.17) is 5.73 Å². The molecule has 0 saturated heterocycles. The third-order valence-corrected chi connectivity index (χ3v) is 4.24. The van der Waals surface area contributed by atoms with Gasteiger partial charge in [-0.3, -0.25) is 0 Å². The van der Waals surface area contributed by atoms with Gasteiger partial charge in [0.1, 0.15) is 5.54 Å². The fraction of sp³-hybridized carbons (Fsp3) is 0.100. The first-order chi connectivity index (χ1) is 11.8. The molecule has 0 aromatic heterocycles. The number of nitrogens with zero attached hydrogens (tertiary/aromatic N) is 3. The lowest BCUT2D eigenvalue weighted by Gasteiger charge is -2.36. The van der Waals surface area contributed by atoms with E-state index in [1.54, 1.807) is 0 Å². The quantitative estimate of drug-likeness (QED) is 0.404. The number of hydrogen-bond acceptors (Lipinski definition) is 2. The average molecular weight is 314 g/mol. The molecule has 0 aliphatic rings. The van der Waals surface area contributed by atoms with Crippen molar-refractivity contribution in [2.45, 2.75) is 11.6 Å². The van der Waals surface area contributed by atoms with Crippen LogP contribution in [0, 0.1) is 0 Å². The Morgan fingerprint density at radius 2 is 1.17 bits per heavy atom. The zero-order valence-corrected chi connectivity index (χ0v) is 13.2. The Morgan fingerprint density at radius 1 is 0.750 bits per heavy atom. The van der Waals surface area contributed by atoms with Gasteiger partial charge in [0.15, 0.2) is 0 Å². The van der Waals surface area contributed by atoms with Gasteiger partial charge in [-0.1, -0.05) is 96.1 Å². The molecular formula is C20H18N4. The molecular weight excluding hydrogens is 296 g/mol. The molecule has 0 unspecified atom stereocenters. The first kappa shape index (κ1) is 15.8. The molecule has 2 N–H and O–H groups in total. The Morgan fingerprint density at radius 3 is 1.58 bits per heavy atom. The van der Waals surface area contributed by atoms with Crippen LogP contribution >= 0.6 is 0 Å². The van der Waals surface area contributed by atoms with Crippen LogP contribution in [-0.2, 0) is 5.54 Å². The van der Waals surface area contributed by atoms with Crippen LogP contribution in [0.15, 0.2) is 96.1 Å². The molecule has 1 atom stereocenters. The second-order valence-electron chi connectivity index (χ2n) is 5.58. The Balaban J connectivity index is 2.29. The van der Waals surface area contributed by atoms with Gasteiger partial charge in [-0.15, -0.1) is 0 Å². The van der Waals surface area contributed by atoms with Gasteiger partial charge in [-0.05, 0) is 22.2 Å². The maximum absolute atomic E-state index is 9.32. The largest absolute Gasteiger partial charge is 0.323 e. The van der Waals surface area contributed by atoms with Crippen LogP contribution in [0.5, 0.6) is 0 Å². The number of benzene rings is 3. The highest BCUT2D eigenvalue weighted by Gasteiger charge is 2.40. The molecule has 0 aliphatic heterocycles. The molecule has 3 aromatic rings. The van der Waals surface area contributed by atoms with E-state index in [1.165, 1.54) is 0 Å². The fourth-order valence-corrected chi connectivity index (χ4v) is 3.06. The zero-order chi connectivity index (χ0) is 16.8. The molecule has 0 heterocycles. The average Bonchev–Trinajstić information content (AvgIpc) is 2.68. The van der Waals surface area contributed by atoms with Gasteiger partial charge >= 0.3 is 0 Å². The third kappa shape index (κ3) is 2.76. The molecule has 3 rings (SSSR count). The number of rotatable bonds is 5. The molecule has 0 fully saturated rings. The van der Waals surface area contributed by atoms with Crippen molar-refractivity contribution in [2.24, 2.45) is 10.8 Å². The predicted molar refractivity (Wildman–Crippen MR) is 96.2 cm³/mol. The first-order valence-electron chi connectivity index (χ1n) is 7.77. The monoisotopic (exact) mass is 314 g/mol. The summed E-state index contributed by atoms with van der Waals surface area (Å²) in [7, 11) is 0. The van der Waals surface area contributed by atoms with E-state index in [2.05, 4.69) is 10.0 Å². The van der Waals surface area contributed by atoms with Crippen LogP contribution < -0.4 is 5.73 Å². The Labute approximate surface area is 141 Å². The summed E-state index contributed by atoms with van der Waals surface area (Å²) in [5.74, 6) is 0. The molecule has 0 bridgehead atoms. The topological polar surface area (TPSA) is 74.8 Å². The van der Waals surface area contributed by atoms with E-state index in [0.29, 0.717) is 0 Å². The third-order valence-electron chi connectivity index (χ3n) is 4.24. The lowest BCUT2D eigenvalue weighted by molar-refractivity contribution is 0.431. The molecule has 0 amide bonds. The molecule has 0 aliphatic carbocycles. The molecule has 3 aromatic carbocycles. The second kappa shape index (κ2) is 7.01. The van der Waals surface area contributed by atoms with Crippen LogP contribution in [0.1, 0.15) is 22.7 Å². The summed E-state index contributed by atoms with van der Waals surface area (Å²) in [5, 5.41) is 4.23. The minimum Gasteiger partial charge on any atom is -0.323 e. The molecule has 24 heavy (non-hydrogen) atoms. The number of azide groups is 1. The fourth-order valence-electron chi connectivity index (χ4n) is 3.06. The van der Waals surface area contributed by atoms with Crippen molar-refractivity contribution in [1.82, 2.24) is 0 Å². The van der Waals surface area contributed by atoms with Gasteiger partial charge in [0, 0.05) is 11.0 Å². The van der Waals surface area contributed by atoms with Crippen molar-refractivity contribution in [3.63, 3.8) is 0 Å². The summed E-state index contributed by atoms with van der Waals surface area (Å²) in [6.45, 7) is 0. The van der Waals surface area contributed by atoms with E-state index < -0.39 is 11.6 Å². The van der Waals surface area contributed by atoms with Crippen molar-refractivity contribution in [1.29, 1.82) is 0 Å². The van der Waals surface area contributed by atoms with Crippen LogP contribution in [0.3, 0.4) is 0 Å². The highest BCUT2D eigenvalue weighted by molar-refractivity contribution is 5.43. The van der Waals surface area contributed by atoms with Crippen LogP contribution in [0.4, 0.5) is 0 Å². The molecule has 0 radical (unpaired) electrons. The van der Waals surface area contributed by atoms with Gasteiger partial charge in [0.25, 0.3) is 0 Å². The highest BCUT2D eigenvalue weighted by atomic mass is 15.2. The van der Waals surface area contributed by atoms with Gasteiger partial charge < -0.3 is 5.73 Å². The lowest BCUT2D eigenvalue weighted by Crippen LogP contribution is -2.38. The van der Waals surface area contributed by atoms with Crippen LogP contribution in [-0.4, -0.2) is 0 Å². The van der Waals surface area contributed by atoms with Gasteiger partial charge in [-0.2, -0.15) is 0 Å². The molecule has 4 nitrogen and oxygen atoms in total. The second-order valence-corrected chi connectivity index (χ2v) is 5.58. The maximum Gasteiger partial charge on any atom is 0.118 e. The summed E-state index contributed by atoms with van der Waals surface area (Å²) in [4.78, 5) is 3.15. The van der Waals surface area contributed by atoms with Gasteiger partial charge in [0.2, 0.25) is 0 Å². The van der Waals surface area contributed by atoms with Crippen molar-refractivity contribution in [2.75, 3.05) is 0 Å². The number of nitrogens with two attached hydrogens (primary N) is 1. The van der Waals surface area contributed by atoms with E-state index >= 15 is 0 Å². The summed E-state index contributed by atoms with van der Waals surface area (Å²) in [6.07, 6.45) is 0. The maximum atomic E-state index is 9.32. The SMILES string of the molecule is [N-]=[N+]=NC(c1ccccc1)(c1ccccc1)[C@@H](N)c1ccccc1. The predicted octanol–water partition coefficient (Wildman–Crippen LogP) is 4.94. The van der Waals surface area contributed by atoms with Crippen LogP contribution in [0.25, 0.3) is 10.4 Å². The van der Waals surface area contributed by atoms with Crippen molar-refractivity contribution in [3.8, 4) is 0 Å². The van der Waals surface area contributed by atoms with Crippen molar-refractivity contribution >= 4 is 0 Å². The molecule has 4 heteroatoms. The Bertz CT molecular complexity index is 786.